The molecule has 5 nitrogen and oxygen atoms in total. The Morgan fingerprint density at radius 3 is 2.71 bits per heavy atom. The van der Waals surface area contributed by atoms with Crippen LogP contribution in [0.4, 0.5) is 0 Å². The van der Waals surface area contributed by atoms with Crippen molar-refractivity contribution in [2.24, 2.45) is 0 Å². The van der Waals surface area contributed by atoms with E-state index in [4.69, 9.17) is 0 Å². The van der Waals surface area contributed by atoms with Gasteiger partial charge in [0.25, 0.3) is 0 Å². The van der Waals surface area contributed by atoms with Crippen LogP contribution in [0.1, 0.15) is 6.92 Å². The molecule has 0 amide bonds. The molecule has 0 atom stereocenters. The number of fused-ring (bicyclic) bond motifs is 1. The highest BCUT2D eigenvalue weighted by atomic mass is 32.2. The SMILES string of the molecule is CCNS(=O)(=O)c1c[nH]c2ccccc2c1=O. The van der Waals surface area contributed by atoms with Crippen LogP contribution in [0.25, 0.3) is 10.9 Å². The molecular formula is C11H12N2O3S. The molecule has 0 aliphatic rings. The van der Waals surface area contributed by atoms with E-state index in [-0.39, 0.29) is 11.4 Å². The summed E-state index contributed by atoms with van der Waals surface area (Å²) in [5, 5.41) is 0.367. The number of sulfonamides is 1. The second-order valence-electron chi connectivity index (χ2n) is 3.53. The van der Waals surface area contributed by atoms with E-state index in [1.54, 1.807) is 31.2 Å². The van der Waals surface area contributed by atoms with Crippen LogP contribution in [0.3, 0.4) is 0 Å². The number of nitrogens with one attached hydrogen (secondary N) is 2. The number of hydrogen-bond donors (Lipinski definition) is 2. The fourth-order valence-corrected chi connectivity index (χ4v) is 2.72. The van der Waals surface area contributed by atoms with E-state index in [2.05, 4.69) is 9.71 Å². The Labute approximate surface area is 98.5 Å². The average Bonchev–Trinajstić information content (AvgIpc) is 2.29. The van der Waals surface area contributed by atoms with Crippen LogP contribution < -0.4 is 10.2 Å². The number of para-hydroxylation sites is 1. The van der Waals surface area contributed by atoms with Gasteiger partial charge in [0.05, 0.1) is 0 Å². The molecule has 2 aromatic rings. The predicted molar refractivity (Wildman–Crippen MR) is 65.4 cm³/mol. The van der Waals surface area contributed by atoms with Gasteiger partial charge in [-0.3, -0.25) is 4.79 Å². The van der Waals surface area contributed by atoms with E-state index in [0.29, 0.717) is 10.9 Å². The van der Waals surface area contributed by atoms with Crippen LogP contribution in [0.5, 0.6) is 0 Å². The number of aromatic amines is 1. The molecule has 0 saturated carbocycles. The van der Waals surface area contributed by atoms with Crippen molar-refractivity contribution in [3.63, 3.8) is 0 Å². The minimum Gasteiger partial charge on any atom is -0.360 e. The molecule has 90 valence electrons. The summed E-state index contributed by atoms with van der Waals surface area (Å²) in [5.41, 5.74) is 0.133. The topological polar surface area (TPSA) is 79.0 Å². The van der Waals surface area contributed by atoms with Crippen molar-refractivity contribution >= 4 is 20.9 Å². The monoisotopic (exact) mass is 252 g/mol. The van der Waals surface area contributed by atoms with E-state index in [1.165, 1.54) is 6.20 Å². The summed E-state index contributed by atoms with van der Waals surface area (Å²) < 4.78 is 25.8. The van der Waals surface area contributed by atoms with Crippen molar-refractivity contribution in [2.45, 2.75) is 11.8 Å². The molecule has 2 rings (SSSR count). The lowest BCUT2D eigenvalue weighted by molar-refractivity contribution is 0.583. The fraction of sp³-hybridized carbons (Fsp3) is 0.182. The Hall–Kier alpha value is -1.66. The number of rotatable bonds is 3. The van der Waals surface area contributed by atoms with Gasteiger partial charge in [-0.2, -0.15) is 0 Å². The first-order valence-corrected chi connectivity index (χ1v) is 6.64. The molecule has 6 heteroatoms. The number of H-pyrrole nitrogens is 1. The van der Waals surface area contributed by atoms with E-state index >= 15 is 0 Å². The average molecular weight is 252 g/mol. The molecule has 0 bridgehead atoms. The maximum absolute atomic E-state index is 12.0. The summed E-state index contributed by atoms with van der Waals surface area (Å²) in [6.07, 6.45) is 1.22. The van der Waals surface area contributed by atoms with Crippen LogP contribution >= 0.6 is 0 Å². The molecule has 0 aliphatic carbocycles. The van der Waals surface area contributed by atoms with E-state index in [9.17, 15) is 13.2 Å². The maximum atomic E-state index is 12.0. The Kier molecular flexibility index (Phi) is 2.99. The number of aromatic nitrogens is 1. The first kappa shape index (κ1) is 11.8. The largest absolute Gasteiger partial charge is 0.360 e. The lowest BCUT2D eigenvalue weighted by Crippen LogP contribution is -2.28. The maximum Gasteiger partial charge on any atom is 0.245 e. The number of hydrogen-bond acceptors (Lipinski definition) is 3. The standard InChI is InChI=1S/C11H12N2O3S/c1-2-13-17(15,16)10-7-12-9-6-4-3-5-8(9)11(10)14/h3-7,13H,2H2,1H3,(H,12,14). The first-order chi connectivity index (χ1) is 8.06. The van der Waals surface area contributed by atoms with E-state index < -0.39 is 15.5 Å². The summed E-state index contributed by atoms with van der Waals surface area (Å²) in [4.78, 5) is 14.6. The minimum atomic E-state index is -3.73. The second kappa shape index (κ2) is 4.31. The smallest absolute Gasteiger partial charge is 0.245 e. The van der Waals surface area contributed by atoms with Crippen molar-refractivity contribution in [3.8, 4) is 0 Å². The van der Waals surface area contributed by atoms with Crippen LogP contribution in [0.15, 0.2) is 40.2 Å². The highest BCUT2D eigenvalue weighted by Gasteiger charge is 2.18. The van der Waals surface area contributed by atoms with Crippen LogP contribution in [-0.2, 0) is 10.0 Å². The molecule has 17 heavy (non-hydrogen) atoms. The molecule has 0 aliphatic heterocycles. The molecule has 1 aromatic carbocycles. The summed E-state index contributed by atoms with van der Waals surface area (Å²) >= 11 is 0. The predicted octanol–water partition coefficient (Wildman–Crippen LogP) is 0.826. The first-order valence-electron chi connectivity index (χ1n) is 5.16. The number of benzene rings is 1. The van der Waals surface area contributed by atoms with Gasteiger partial charge in [-0.1, -0.05) is 19.1 Å². The molecule has 2 N–H and O–H groups in total. The summed E-state index contributed by atoms with van der Waals surface area (Å²) in [6.45, 7) is 1.90. The molecular weight excluding hydrogens is 240 g/mol. The Morgan fingerprint density at radius 2 is 2.00 bits per heavy atom. The zero-order valence-corrected chi connectivity index (χ0v) is 10.0. The van der Waals surface area contributed by atoms with Crippen LogP contribution in [-0.4, -0.2) is 19.9 Å². The Morgan fingerprint density at radius 1 is 1.29 bits per heavy atom. The fourth-order valence-electron chi connectivity index (χ4n) is 1.62. The van der Waals surface area contributed by atoms with Gasteiger partial charge in [-0.15, -0.1) is 0 Å². The van der Waals surface area contributed by atoms with E-state index in [1.807, 2.05) is 0 Å². The quantitative estimate of drug-likeness (QED) is 0.849. The van der Waals surface area contributed by atoms with Gasteiger partial charge in [0.2, 0.25) is 15.5 Å². The lowest BCUT2D eigenvalue weighted by atomic mass is 10.2. The zero-order chi connectivity index (χ0) is 12.5. The van der Waals surface area contributed by atoms with Gasteiger partial charge in [-0.05, 0) is 12.1 Å². The minimum absolute atomic E-state index is 0.245. The number of pyridine rings is 1. The van der Waals surface area contributed by atoms with Gasteiger partial charge >= 0.3 is 0 Å². The normalized spacial score (nSPS) is 11.8. The zero-order valence-electron chi connectivity index (χ0n) is 9.23. The molecule has 0 spiro atoms. The van der Waals surface area contributed by atoms with Crippen molar-refractivity contribution in [3.05, 3.63) is 40.7 Å². The molecule has 1 heterocycles. The van der Waals surface area contributed by atoms with Gasteiger partial charge in [0.15, 0.2) is 0 Å². The van der Waals surface area contributed by atoms with Crippen molar-refractivity contribution in [1.82, 2.24) is 9.71 Å². The third kappa shape index (κ3) is 2.09. The third-order valence-electron chi connectivity index (χ3n) is 2.38. The van der Waals surface area contributed by atoms with Gasteiger partial charge < -0.3 is 4.98 Å². The molecule has 1 aromatic heterocycles. The highest BCUT2D eigenvalue weighted by Crippen LogP contribution is 2.09. The van der Waals surface area contributed by atoms with Crippen LogP contribution in [0, 0.1) is 0 Å². The van der Waals surface area contributed by atoms with Gasteiger partial charge in [0.1, 0.15) is 4.90 Å². The molecule has 0 unspecified atom stereocenters. The van der Waals surface area contributed by atoms with Crippen molar-refractivity contribution < 1.29 is 8.42 Å². The molecule has 0 saturated heterocycles. The van der Waals surface area contributed by atoms with Crippen LogP contribution in [0.2, 0.25) is 0 Å². The Bertz CT molecular complexity index is 704. The molecule has 0 radical (unpaired) electrons. The summed E-state index contributed by atoms with van der Waals surface area (Å²) in [7, 11) is -3.73. The third-order valence-corrected chi connectivity index (χ3v) is 3.93. The van der Waals surface area contributed by atoms with E-state index in [0.717, 1.165) is 0 Å². The van der Waals surface area contributed by atoms with Crippen molar-refractivity contribution in [1.29, 1.82) is 0 Å². The summed E-state index contributed by atoms with van der Waals surface area (Å²) in [5.74, 6) is 0. The van der Waals surface area contributed by atoms with Crippen molar-refractivity contribution in [2.75, 3.05) is 6.54 Å². The van der Waals surface area contributed by atoms with Gasteiger partial charge in [-0.25, -0.2) is 13.1 Å². The molecule has 0 fully saturated rings. The summed E-state index contributed by atoms with van der Waals surface area (Å²) in [6, 6.07) is 6.79. The Balaban J connectivity index is 2.74. The van der Waals surface area contributed by atoms with Gasteiger partial charge in [0, 0.05) is 23.6 Å². The lowest BCUT2D eigenvalue weighted by Gasteiger charge is -2.04. The second-order valence-corrected chi connectivity index (χ2v) is 5.26. The highest BCUT2D eigenvalue weighted by molar-refractivity contribution is 7.89.